The van der Waals surface area contributed by atoms with E-state index < -0.39 is 20.8 Å². The Morgan fingerprint density at radius 1 is 0.757 bits per heavy atom. The van der Waals surface area contributed by atoms with Crippen molar-refractivity contribution in [2.24, 2.45) is 5.14 Å². The van der Waals surface area contributed by atoms with E-state index in [4.69, 9.17) is 19.1 Å². The molecule has 9 heteroatoms. The van der Waals surface area contributed by atoms with Crippen LogP contribution in [0.4, 0.5) is 0 Å². The molecule has 0 atom stereocenters. The molecular weight excluding hydrogens is 512 g/mol. The van der Waals surface area contributed by atoms with Crippen LogP contribution in [0.1, 0.15) is 32.0 Å². The maximum absolute atomic E-state index is 11.7. The summed E-state index contributed by atoms with van der Waals surface area (Å²) < 4.78 is 50.9. The van der Waals surface area contributed by atoms with Crippen molar-refractivity contribution in [3.8, 4) is 22.4 Å². The molecule has 0 saturated heterocycles. The Morgan fingerprint density at radius 2 is 1.24 bits per heavy atom. The first-order chi connectivity index (χ1) is 17.4. The standard InChI is InChI=1S/C28H29N2O2S.ClO3/c1-28(2,3)27-19-24(22-10-6-4-7-11-22)18-26(23-12-8-5-9-13-23)30(27)20-21-14-16-25(17-15-21)33(29,31)32;2-1(3)4/h4-19H,20H2,1-3H3,(H2,29,31,32);/q+1;-1. The lowest BCUT2D eigenvalue weighted by Crippen LogP contribution is -2.45. The van der Waals surface area contributed by atoms with E-state index in [1.807, 2.05) is 36.4 Å². The monoisotopic (exact) mass is 540 g/mol. The number of rotatable bonds is 5. The van der Waals surface area contributed by atoms with E-state index >= 15 is 0 Å². The summed E-state index contributed by atoms with van der Waals surface area (Å²) in [6.07, 6.45) is 0. The van der Waals surface area contributed by atoms with Crippen LogP contribution in [-0.2, 0) is 22.0 Å². The van der Waals surface area contributed by atoms with Crippen molar-refractivity contribution in [1.29, 1.82) is 0 Å². The molecule has 0 radical (unpaired) electrons. The third kappa shape index (κ3) is 7.93. The maximum Gasteiger partial charge on any atom is 0.238 e. The molecule has 3 aromatic carbocycles. The first-order valence-corrected chi connectivity index (χ1v) is 13.9. The van der Waals surface area contributed by atoms with Crippen molar-refractivity contribution in [1.82, 2.24) is 0 Å². The zero-order valence-corrected chi connectivity index (χ0v) is 22.4. The molecular formula is C28H29ClN2O5S. The second kappa shape index (κ2) is 12.0. The number of aromatic nitrogens is 1. The minimum Gasteiger partial charge on any atom is -0.357 e. The van der Waals surface area contributed by atoms with Gasteiger partial charge >= 0.3 is 0 Å². The van der Waals surface area contributed by atoms with Crippen molar-refractivity contribution in [2.75, 3.05) is 0 Å². The molecule has 0 spiro atoms. The predicted molar refractivity (Wildman–Crippen MR) is 133 cm³/mol. The van der Waals surface area contributed by atoms with Gasteiger partial charge in [0.2, 0.25) is 15.7 Å². The van der Waals surface area contributed by atoms with Crippen LogP contribution >= 0.6 is 0 Å². The molecule has 2 N–H and O–H groups in total. The third-order valence-electron chi connectivity index (χ3n) is 5.70. The SMILES string of the molecule is CC(C)(C)c1cc(-c2ccccc2)cc(-c2ccccc2)[n+]1Cc1ccc(S(N)(=O)=O)cc1.[O-][Cl+2]([O-])[O-]. The molecule has 0 bridgehead atoms. The van der Waals surface area contributed by atoms with Gasteiger partial charge in [-0.3, -0.25) is 0 Å². The largest absolute Gasteiger partial charge is 0.357 e. The Balaban J connectivity index is 0.000000886. The average molecular weight is 541 g/mol. The quantitative estimate of drug-likeness (QED) is 0.385. The maximum atomic E-state index is 11.7. The number of pyridine rings is 1. The van der Waals surface area contributed by atoms with Gasteiger partial charge in [0.15, 0.2) is 12.2 Å². The fraction of sp³-hybridized carbons (Fsp3) is 0.179. The Hall–Kier alpha value is -3.11. The van der Waals surface area contributed by atoms with E-state index in [9.17, 15) is 8.42 Å². The summed E-state index contributed by atoms with van der Waals surface area (Å²) in [4.78, 5) is 0.120. The third-order valence-corrected chi connectivity index (χ3v) is 6.63. The highest BCUT2D eigenvalue weighted by Gasteiger charge is 2.30. The van der Waals surface area contributed by atoms with Crippen LogP contribution in [0.15, 0.2) is 102 Å². The topological polar surface area (TPSA) is 133 Å². The number of hydrogen-bond acceptors (Lipinski definition) is 5. The minimum absolute atomic E-state index is 0.116. The number of hydrogen-bond donors (Lipinski definition) is 1. The summed E-state index contributed by atoms with van der Waals surface area (Å²) in [5.74, 6) is 0. The van der Waals surface area contributed by atoms with Gasteiger partial charge in [0.1, 0.15) is 0 Å². The summed E-state index contributed by atoms with van der Waals surface area (Å²) >= 11 is 0. The van der Waals surface area contributed by atoms with Gasteiger partial charge in [0, 0.05) is 28.7 Å². The van der Waals surface area contributed by atoms with Crippen LogP contribution in [0.25, 0.3) is 22.4 Å². The zero-order chi connectivity index (χ0) is 27.2. The molecule has 37 heavy (non-hydrogen) atoms. The molecule has 7 nitrogen and oxygen atoms in total. The van der Waals surface area contributed by atoms with Gasteiger partial charge in [0.05, 0.1) is 15.7 Å². The lowest BCUT2D eigenvalue weighted by molar-refractivity contribution is -1.73. The summed E-state index contributed by atoms with van der Waals surface area (Å²) in [5.41, 5.74) is 6.65. The number of nitrogens with zero attached hydrogens (tertiary/aromatic N) is 1. The molecule has 0 saturated carbocycles. The summed E-state index contributed by atoms with van der Waals surface area (Å²) in [6, 6.07) is 32.1. The Morgan fingerprint density at radius 3 is 1.70 bits per heavy atom. The van der Waals surface area contributed by atoms with Crippen LogP contribution < -0.4 is 23.7 Å². The van der Waals surface area contributed by atoms with Crippen LogP contribution in [0, 0.1) is 10.8 Å². The highest BCUT2D eigenvalue weighted by Crippen LogP contribution is 2.30. The van der Waals surface area contributed by atoms with E-state index in [1.165, 1.54) is 16.8 Å². The van der Waals surface area contributed by atoms with Gasteiger partial charge in [-0.25, -0.2) is 13.6 Å². The second-order valence-corrected chi connectivity index (χ2v) is 11.4. The number of halogens is 1. The predicted octanol–water partition coefficient (Wildman–Crippen LogP) is 1.73. The molecule has 0 aliphatic heterocycles. The summed E-state index contributed by atoms with van der Waals surface area (Å²) in [5, 5.41) is 5.28. The normalized spacial score (nSPS) is 11.7. The molecule has 1 aromatic heterocycles. The van der Waals surface area contributed by atoms with Crippen molar-refractivity contribution >= 4 is 10.0 Å². The zero-order valence-electron chi connectivity index (χ0n) is 20.8. The molecule has 0 unspecified atom stereocenters. The van der Waals surface area contributed by atoms with E-state index in [-0.39, 0.29) is 10.3 Å². The Labute approximate surface area is 220 Å². The van der Waals surface area contributed by atoms with Crippen LogP contribution in [0.5, 0.6) is 0 Å². The molecule has 0 aliphatic rings. The van der Waals surface area contributed by atoms with Crippen LogP contribution in [-0.4, -0.2) is 8.42 Å². The van der Waals surface area contributed by atoms with Crippen LogP contribution in [0.2, 0.25) is 0 Å². The number of sulfonamides is 1. The molecule has 0 aliphatic carbocycles. The van der Waals surface area contributed by atoms with E-state index in [2.05, 4.69) is 73.9 Å². The Bertz CT molecular complexity index is 1420. The van der Waals surface area contributed by atoms with Gasteiger partial charge in [0.25, 0.3) is 0 Å². The molecule has 4 aromatic rings. The van der Waals surface area contributed by atoms with E-state index in [1.54, 1.807) is 12.1 Å². The van der Waals surface area contributed by atoms with Gasteiger partial charge in [-0.15, -0.1) is 0 Å². The fourth-order valence-electron chi connectivity index (χ4n) is 4.03. The fourth-order valence-corrected chi connectivity index (χ4v) is 4.54. The van der Waals surface area contributed by atoms with Gasteiger partial charge < -0.3 is 14.0 Å². The molecule has 0 amide bonds. The van der Waals surface area contributed by atoms with Crippen molar-refractivity contribution in [3.05, 3.63) is 108 Å². The lowest BCUT2D eigenvalue weighted by Gasteiger charge is -2.21. The first-order valence-electron chi connectivity index (χ1n) is 11.4. The van der Waals surface area contributed by atoms with E-state index in [0.717, 1.165) is 16.8 Å². The first kappa shape index (κ1) is 28.5. The smallest absolute Gasteiger partial charge is 0.238 e. The summed E-state index contributed by atoms with van der Waals surface area (Å²) in [7, 11) is -6.57. The highest BCUT2D eigenvalue weighted by molar-refractivity contribution is 7.89. The molecule has 4 rings (SSSR count). The van der Waals surface area contributed by atoms with Gasteiger partial charge in [-0.05, 0) is 35.4 Å². The van der Waals surface area contributed by atoms with Crippen molar-refractivity contribution in [3.63, 3.8) is 0 Å². The average Bonchev–Trinajstić information content (AvgIpc) is 2.84. The Kier molecular flexibility index (Phi) is 9.20. The molecule has 1 heterocycles. The van der Waals surface area contributed by atoms with Crippen LogP contribution in [0.3, 0.4) is 0 Å². The van der Waals surface area contributed by atoms with E-state index in [0.29, 0.717) is 6.54 Å². The lowest BCUT2D eigenvalue weighted by atomic mass is 9.88. The van der Waals surface area contributed by atoms with Crippen molar-refractivity contribution < 1.29 is 37.7 Å². The number of primary sulfonamides is 1. The van der Waals surface area contributed by atoms with Crippen molar-refractivity contribution in [2.45, 2.75) is 37.6 Å². The number of nitrogens with two attached hydrogens (primary N) is 1. The van der Waals surface area contributed by atoms with Gasteiger partial charge in [-0.1, -0.05) is 81.4 Å². The van der Waals surface area contributed by atoms with Gasteiger partial charge in [-0.2, -0.15) is 4.57 Å². The number of benzene rings is 3. The summed E-state index contributed by atoms with van der Waals surface area (Å²) in [6.45, 7) is 7.25. The highest BCUT2D eigenvalue weighted by atomic mass is 35.6. The minimum atomic E-state index is -3.72. The molecule has 0 fully saturated rings. The molecule has 194 valence electrons. The second-order valence-electron chi connectivity index (χ2n) is 9.46.